The van der Waals surface area contributed by atoms with Gasteiger partial charge in [-0.25, -0.2) is 0 Å². The van der Waals surface area contributed by atoms with Crippen molar-refractivity contribution in [1.29, 1.82) is 0 Å². The highest BCUT2D eigenvalue weighted by atomic mass is 32.1. The van der Waals surface area contributed by atoms with Crippen molar-refractivity contribution in [2.75, 3.05) is 18.4 Å². The first kappa shape index (κ1) is 12.4. The molecule has 2 aliphatic rings. The van der Waals surface area contributed by atoms with Gasteiger partial charge in [0.1, 0.15) is 10.7 Å². The molecule has 4 nitrogen and oxygen atoms in total. The molecule has 0 atom stereocenters. The van der Waals surface area contributed by atoms with Crippen LogP contribution in [0.25, 0.3) is 0 Å². The summed E-state index contributed by atoms with van der Waals surface area (Å²) in [4.78, 5) is 2.63. The zero-order valence-electron chi connectivity index (χ0n) is 11.1. The van der Waals surface area contributed by atoms with E-state index in [0.29, 0.717) is 0 Å². The van der Waals surface area contributed by atoms with Gasteiger partial charge < -0.3 is 5.32 Å². The summed E-state index contributed by atoms with van der Waals surface area (Å²) in [6, 6.07) is 0.825. The number of anilines is 1. The van der Waals surface area contributed by atoms with E-state index in [4.69, 9.17) is 0 Å². The van der Waals surface area contributed by atoms with Crippen LogP contribution in [-0.2, 0) is 6.54 Å². The van der Waals surface area contributed by atoms with Crippen LogP contribution in [0.4, 0.5) is 5.00 Å². The minimum absolute atomic E-state index is 0.825. The summed E-state index contributed by atoms with van der Waals surface area (Å²) in [6.45, 7) is 5.47. The van der Waals surface area contributed by atoms with E-state index in [1.807, 2.05) is 0 Å². The van der Waals surface area contributed by atoms with Gasteiger partial charge in [-0.15, -0.1) is 5.10 Å². The minimum Gasteiger partial charge on any atom is -0.374 e. The van der Waals surface area contributed by atoms with Crippen molar-refractivity contribution in [3.63, 3.8) is 0 Å². The highest BCUT2D eigenvalue weighted by Gasteiger charge is 2.34. The van der Waals surface area contributed by atoms with E-state index >= 15 is 0 Å². The molecule has 18 heavy (non-hydrogen) atoms. The third-order valence-corrected chi connectivity index (χ3v) is 4.42. The fourth-order valence-corrected chi connectivity index (χ4v) is 2.89. The predicted molar refractivity (Wildman–Crippen MR) is 74.8 cm³/mol. The number of hydrogen-bond acceptors (Lipinski definition) is 5. The lowest BCUT2D eigenvalue weighted by molar-refractivity contribution is 0.241. The van der Waals surface area contributed by atoms with Gasteiger partial charge in [0.2, 0.25) is 0 Å². The lowest BCUT2D eigenvalue weighted by Gasteiger charge is -2.21. The molecule has 2 fully saturated rings. The fourth-order valence-electron chi connectivity index (χ4n) is 2.29. The third-order valence-electron chi connectivity index (χ3n) is 3.70. The van der Waals surface area contributed by atoms with Crippen molar-refractivity contribution >= 4 is 16.5 Å². The number of nitrogens with one attached hydrogen (secondary N) is 1. The Kier molecular flexibility index (Phi) is 3.80. The van der Waals surface area contributed by atoms with Gasteiger partial charge in [0.25, 0.3) is 0 Å². The summed E-state index contributed by atoms with van der Waals surface area (Å²) >= 11 is 1.50. The van der Waals surface area contributed by atoms with Crippen LogP contribution in [0, 0.1) is 5.92 Å². The highest BCUT2D eigenvalue weighted by Crippen LogP contribution is 2.36. The second-order valence-corrected chi connectivity index (χ2v) is 6.33. The van der Waals surface area contributed by atoms with Crippen molar-refractivity contribution in [1.82, 2.24) is 14.5 Å². The van der Waals surface area contributed by atoms with Crippen molar-refractivity contribution in [2.45, 2.75) is 51.6 Å². The molecule has 1 N–H and O–H groups in total. The Morgan fingerprint density at radius 3 is 2.83 bits per heavy atom. The van der Waals surface area contributed by atoms with E-state index in [-0.39, 0.29) is 0 Å². The Bertz CT molecular complexity index is 384. The second kappa shape index (κ2) is 5.53. The Labute approximate surface area is 113 Å². The average Bonchev–Trinajstić information content (AvgIpc) is 3.26. The molecule has 1 heterocycles. The number of rotatable bonds is 8. The monoisotopic (exact) mass is 266 g/mol. The summed E-state index contributed by atoms with van der Waals surface area (Å²) in [5, 5.41) is 8.93. The fraction of sp³-hybridized carbons (Fsp3) is 0.846. The Balaban J connectivity index is 1.60. The summed E-state index contributed by atoms with van der Waals surface area (Å²) in [7, 11) is 0. The first-order valence-electron chi connectivity index (χ1n) is 7.16. The first-order chi connectivity index (χ1) is 8.86. The maximum atomic E-state index is 4.31. The van der Waals surface area contributed by atoms with Gasteiger partial charge in [-0.2, -0.15) is 0 Å². The van der Waals surface area contributed by atoms with Gasteiger partial charge in [0.15, 0.2) is 0 Å². The Morgan fingerprint density at radius 2 is 2.17 bits per heavy atom. The Morgan fingerprint density at radius 1 is 1.33 bits per heavy atom. The van der Waals surface area contributed by atoms with Crippen LogP contribution in [0.3, 0.4) is 0 Å². The van der Waals surface area contributed by atoms with Gasteiger partial charge in [-0.05, 0) is 38.0 Å². The molecule has 1 aromatic rings. The van der Waals surface area contributed by atoms with Crippen molar-refractivity contribution in [3.8, 4) is 0 Å². The maximum Gasteiger partial charge on any atom is 0.134 e. The maximum absolute atomic E-state index is 4.31. The van der Waals surface area contributed by atoms with E-state index in [9.17, 15) is 0 Å². The van der Waals surface area contributed by atoms with Crippen LogP contribution in [0.2, 0.25) is 0 Å². The molecule has 3 rings (SSSR count). The summed E-state index contributed by atoms with van der Waals surface area (Å²) in [5.74, 6) is 0.962. The zero-order valence-corrected chi connectivity index (χ0v) is 11.9. The first-order valence-corrected chi connectivity index (χ1v) is 7.93. The minimum atomic E-state index is 0.825. The topological polar surface area (TPSA) is 41.1 Å². The van der Waals surface area contributed by atoms with Crippen molar-refractivity contribution < 1.29 is 0 Å². The molecule has 2 saturated carbocycles. The molecule has 1 aromatic heterocycles. The predicted octanol–water partition coefficient (Wildman–Crippen LogP) is 2.73. The second-order valence-electron chi connectivity index (χ2n) is 5.58. The van der Waals surface area contributed by atoms with Crippen LogP contribution >= 0.6 is 11.5 Å². The van der Waals surface area contributed by atoms with Gasteiger partial charge in [0.05, 0.1) is 0 Å². The smallest absolute Gasteiger partial charge is 0.134 e. The standard InChI is InChI=1S/C13H22N4S/c1-2-7-14-13-12(15-16-18-13)9-17(11-5-6-11)8-10-3-4-10/h10-11,14H,2-9H2,1H3. The number of nitrogens with zero attached hydrogens (tertiary/aromatic N) is 3. The normalized spacial score (nSPS) is 19.4. The summed E-state index contributed by atoms with van der Waals surface area (Å²) in [6.07, 6.45) is 6.76. The molecule has 5 heteroatoms. The van der Waals surface area contributed by atoms with Crippen molar-refractivity contribution in [2.24, 2.45) is 5.92 Å². The molecule has 0 aromatic carbocycles. The molecule has 0 radical (unpaired) electrons. The molecule has 0 saturated heterocycles. The molecule has 0 unspecified atom stereocenters. The zero-order chi connectivity index (χ0) is 12.4. The lowest BCUT2D eigenvalue weighted by Crippen LogP contribution is -2.28. The number of aromatic nitrogens is 2. The van der Waals surface area contributed by atoms with E-state index in [2.05, 4.69) is 26.7 Å². The lowest BCUT2D eigenvalue weighted by atomic mass is 10.3. The molecule has 0 spiro atoms. The third kappa shape index (κ3) is 3.20. The molecular formula is C13H22N4S. The summed E-state index contributed by atoms with van der Waals surface area (Å²) < 4.78 is 4.11. The van der Waals surface area contributed by atoms with Crippen LogP contribution in [0.5, 0.6) is 0 Å². The van der Waals surface area contributed by atoms with Crippen LogP contribution in [-0.4, -0.2) is 33.6 Å². The van der Waals surface area contributed by atoms with E-state index < -0.39 is 0 Å². The highest BCUT2D eigenvalue weighted by molar-refractivity contribution is 7.10. The van der Waals surface area contributed by atoms with Gasteiger partial charge >= 0.3 is 0 Å². The Hall–Kier alpha value is -0.680. The molecule has 2 aliphatic carbocycles. The van der Waals surface area contributed by atoms with E-state index in [1.165, 1.54) is 48.8 Å². The van der Waals surface area contributed by atoms with E-state index in [0.717, 1.165) is 37.2 Å². The molecule has 0 amide bonds. The van der Waals surface area contributed by atoms with Crippen LogP contribution in [0.15, 0.2) is 0 Å². The molecular weight excluding hydrogens is 244 g/mol. The van der Waals surface area contributed by atoms with Crippen LogP contribution < -0.4 is 5.32 Å². The van der Waals surface area contributed by atoms with Gasteiger partial charge in [0, 0.05) is 37.2 Å². The molecule has 100 valence electrons. The molecule has 0 bridgehead atoms. The summed E-state index contributed by atoms with van der Waals surface area (Å²) in [5.41, 5.74) is 1.15. The van der Waals surface area contributed by atoms with Crippen LogP contribution in [0.1, 0.15) is 44.7 Å². The SMILES string of the molecule is CCCNc1snnc1CN(CC1CC1)C1CC1. The van der Waals surface area contributed by atoms with Gasteiger partial charge in [-0.1, -0.05) is 11.4 Å². The number of hydrogen-bond donors (Lipinski definition) is 1. The van der Waals surface area contributed by atoms with Gasteiger partial charge in [-0.3, -0.25) is 4.90 Å². The van der Waals surface area contributed by atoms with Crippen molar-refractivity contribution in [3.05, 3.63) is 5.69 Å². The quantitative estimate of drug-likeness (QED) is 0.785. The average molecular weight is 266 g/mol. The largest absolute Gasteiger partial charge is 0.374 e. The molecule has 0 aliphatic heterocycles. The van der Waals surface area contributed by atoms with E-state index in [1.54, 1.807) is 0 Å².